The fraction of sp³-hybridized carbons (Fsp3) is 0.375. The summed E-state index contributed by atoms with van der Waals surface area (Å²) in [6.07, 6.45) is -1.87. The first-order valence-corrected chi connectivity index (χ1v) is 10.1. The molecule has 30 heavy (non-hydrogen) atoms. The maximum absolute atomic E-state index is 13.8. The zero-order valence-electron chi connectivity index (χ0n) is 17.5. The highest BCUT2D eigenvalue weighted by Crippen LogP contribution is 2.41. The van der Waals surface area contributed by atoms with Crippen LogP contribution in [0.3, 0.4) is 0 Å². The number of hydrogen-bond acceptors (Lipinski definition) is 1. The van der Waals surface area contributed by atoms with E-state index in [1.807, 2.05) is 42.1 Å². The Kier molecular flexibility index (Phi) is 6.54. The smallest absolute Gasteiger partial charge is 0.356 e. The van der Waals surface area contributed by atoms with Crippen LogP contribution in [0.15, 0.2) is 54.7 Å². The second kappa shape index (κ2) is 8.94. The molecular weight excluding hydrogens is 389 g/mol. The molecule has 1 heterocycles. The number of aryl methyl sites for hydroxylation is 1. The molecule has 1 amide bonds. The molecule has 0 radical (unpaired) electrons. The van der Waals surface area contributed by atoms with E-state index in [-0.39, 0.29) is 17.9 Å². The van der Waals surface area contributed by atoms with E-state index in [1.165, 1.54) is 12.1 Å². The average Bonchev–Trinajstić information content (AvgIpc) is 3.02. The molecule has 0 saturated heterocycles. The van der Waals surface area contributed by atoms with Crippen molar-refractivity contribution >= 4 is 16.8 Å². The van der Waals surface area contributed by atoms with Crippen LogP contribution in [-0.4, -0.2) is 17.0 Å². The number of nitrogens with one attached hydrogen (secondary N) is 1. The molecule has 3 rings (SSSR count). The van der Waals surface area contributed by atoms with E-state index in [1.54, 1.807) is 6.07 Å². The third-order valence-corrected chi connectivity index (χ3v) is 5.38. The number of rotatable bonds is 7. The number of carbonyl (C=O) groups is 1. The van der Waals surface area contributed by atoms with Crippen molar-refractivity contribution in [3.63, 3.8) is 0 Å². The van der Waals surface area contributed by atoms with Crippen molar-refractivity contribution in [1.82, 2.24) is 9.88 Å². The van der Waals surface area contributed by atoms with Gasteiger partial charge in [-0.25, -0.2) is 0 Å². The van der Waals surface area contributed by atoms with Gasteiger partial charge in [-0.15, -0.1) is 0 Å². The van der Waals surface area contributed by atoms with Crippen LogP contribution in [0.25, 0.3) is 10.9 Å². The van der Waals surface area contributed by atoms with Gasteiger partial charge in [0.15, 0.2) is 0 Å². The minimum atomic E-state index is -4.49. The third kappa shape index (κ3) is 4.86. The Balaban J connectivity index is 2.05. The van der Waals surface area contributed by atoms with Crippen molar-refractivity contribution in [3.05, 3.63) is 71.4 Å². The van der Waals surface area contributed by atoms with Crippen molar-refractivity contribution in [2.45, 2.75) is 38.8 Å². The minimum Gasteiger partial charge on any atom is -0.356 e. The van der Waals surface area contributed by atoms with Gasteiger partial charge >= 0.3 is 6.18 Å². The normalized spacial score (nSPS) is 13.0. The van der Waals surface area contributed by atoms with Gasteiger partial charge in [0, 0.05) is 43.0 Å². The minimum absolute atomic E-state index is 0.0425. The molecule has 0 aliphatic carbocycles. The van der Waals surface area contributed by atoms with E-state index < -0.39 is 17.7 Å². The largest absolute Gasteiger partial charge is 0.416 e. The van der Waals surface area contributed by atoms with Crippen LogP contribution in [-0.2, 0) is 18.0 Å². The van der Waals surface area contributed by atoms with Gasteiger partial charge in [-0.2, -0.15) is 13.2 Å². The van der Waals surface area contributed by atoms with Crippen molar-refractivity contribution in [3.8, 4) is 0 Å². The van der Waals surface area contributed by atoms with Gasteiger partial charge in [-0.1, -0.05) is 50.2 Å². The molecule has 6 heteroatoms. The number of carbonyl (C=O) groups excluding carboxylic acids is 1. The van der Waals surface area contributed by atoms with E-state index in [0.717, 1.165) is 29.0 Å². The molecule has 2 aromatic carbocycles. The summed E-state index contributed by atoms with van der Waals surface area (Å²) in [6.45, 7) is 4.63. The number of hydrogen-bond donors (Lipinski definition) is 1. The summed E-state index contributed by atoms with van der Waals surface area (Å²) < 4.78 is 43.2. The van der Waals surface area contributed by atoms with E-state index in [9.17, 15) is 18.0 Å². The molecular formula is C24H27F3N2O. The Morgan fingerprint density at radius 3 is 2.40 bits per heavy atom. The Morgan fingerprint density at radius 1 is 1.03 bits per heavy atom. The summed E-state index contributed by atoms with van der Waals surface area (Å²) in [4.78, 5) is 12.7. The zero-order chi connectivity index (χ0) is 21.9. The molecule has 0 aliphatic rings. The second-order valence-electron chi connectivity index (χ2n) is 8.09. The highest BCUT2D eigenvalue weighted by atomic mass is 19.4. The molecule has 1 N–H and O–H groups in total. The van der Waals surface area contributed by atoms with Gasteiger partial charge in [0.25, 0.3) is 0 Å². The molecule has 1 aromatic heterocycles. The quantitative estimate of drug-likeness (QED) is 0.513. The van der Waals surface area contributed by atoms with Gasteiger partial charge in [-0.05, 0) is 35.6 Å². The lowest BCUT2D eigenvalue weighted by molar-refractivity contribution is -0.138. The van der Waals surface area contributed by atoms with Crippen LogP contribution >= 0.6 is 0 Å². The summed E-state index contributed by atoms with van der Waals surface area (Å²) >= 11 is 0. The van der Waals surface area contributed by atoms with Crippen molar-refractivity contribution in [1.29, 1.82) is 0 Å². The van der Waals surface area contributed by atoms with Crippen molar-refractivity contribution in [2.75, 3.05) is 6.54 Å². The average molecular weight is 416 g/mol. The van der Waals surface area contributed by atoms with E-state index in [4.69, 9.17) is 0 Å². The topological polar surface area (TPSA) is 34.0 Å². The van der Waals surface area contributed by atoms with Crippen LogP contribution < -0.4 is 5.32 Å². The van der Waals surface area contributed by atoms with E-state index >= 15 is 0 Å². The Bertz CT molecular complexity index is 1020. The number of benzene rings is 2. The molecule has 0 unspecified atom stereocenters. The molecule has 3 nitrogen and oxygen atoms in total. The highest BCUT2D eigenvalue weighted by Gasteiger charge is 2.36. The predicted molar refractivity (Wildman–Crippen MR) is 113 cm³/mol. The molecule has 0 bridgehead atoms. The van der Waals surface area contributed by atoms with Crippen molar-refractivity contribution < 1.29 is 18.0 Å². The summed E-state index contributed by atoms with van der Waals surface area (Å²) in [5.41, 5.74) is 1.07. The first-order chi connectivity index (χ1) is 14.2. The zero-order valence-corrected chi connectivity index (χ0v) is 17.5. The number of para-hydroxylation sites is 1. The number of amides is 1. The van der Waals surface area contributed by atoms with Gasteiger partial charge in [0.1, 0.15) is 0 Å². The van der Waals surface area contributed by atoms with Gasteiger partial charge in [0.2, 0.25) is 5.91 Å². The standard InChI is InChI=1S/C24H27F3N2O/c1-16(2)12-13-28-23(30)14-19(17-8-4-6-10-21(17)24(25,26)27)20-15-29(3)22-11-7-5-9-18(20)22/h4-11,15-16,19H,12-14H2,1-3H3,(H,28,30)/t19-/m0/s1. The van der Waals surface area contributed by atoms with Gasteiger partial charge in [0.05, 0.1) is 5.56 Å². The number of fused-ring (bicyclic) bond motifs is 1. The van der Waals surface area contributed by atoms with Crippen molar-refractivity contribution in [2.24, 2.45) is 13.0 Å². The van der Waals surface area contributed by atoms with Gasteiger partial charge < -0.3 is 9.88 Å². The first kappa shape index (κ1) is 21.9. The van der Waals surface area contributed by atoms with Crippen LogP contribution in [0.4, 0.5) is 13.2 Å². The Morgan fingerprint density at radius 2 is 1.70 bits per heavy atom. The third-order valence-electron chi connectivity index (χ3n) is 5.38. The number of alkyl halides is 3. The summed E-state index contributed by atoms with van der Waals surface area (Å²) in [5.74, 6) is -0.511. The molecule has 0 saturated carbocycles. The Labute approximate surface area is 174 Å². The number of nitrogens with zero attached hydrogens (tertiary/aromatic N) is 1. The summed E-state index contributed by atoms with van der Waals surface area (Å²) in [5, 5.41) is 3.73. The van der Waals surface area contributed by atoms with E-state index in [2.05, 4.69) is 19.2 Å². The van der Waals surface area contributed by atoms with Crippen LogP contribution in [0, 0.1) is 5.92 Å². The second-order valence-corrected chi connectivity index (χ2v) is 8.09. The molecule has 0 aliphatic heterocycles. The molecule has 0 fully saturated rings. The lowest BCUT2D eigenvalue weighted by Crippen LogP contribution is -2.27. The fourth-order valence-electron chi connectivity index (χ4n) is 3.86. The summed E-state index contributed by atoms with van der Waals surface area (Å²) in [6, 6.07) is 13.1. The molecule has 160 valence electrons. The fourth-order valence-corrected chi connectivity index (χ4v) is 3.86. The number of aromatic nitrogens is 1. The predicted octanol–water partition coefficient (Wildman–Crippen LogP) is 5.88. The molecule has 1 atom stereocenters. The molecule has 0 spiro atoms. The maximum Gasteiger partial charge on any atom is 0.416 e. The first-order valence-electron chi connectivity index (χ1n) is 10.1. The summed E-state index contributed by atoms with van der Waals surface area (Å²) in [7, 11) is 1.86. The van der Waals surface area contributed by atoms with E-state index in [0.29, 0.717) is 12.5 Å². The van der Waals surface area contributed by atoms with Gasteiger partial charge in [-0.3, -0.25) is 4.79 Å². The lowest BCUT2D eigenvalue weighted by atomic mass is 9.85. The van der Waals surface area contributed by atoms with Crippen LogP contribution in [0.5, 0.6) is 0 Å². The van der Waals surface area contributed by atoms with Crippen LogP contribution in [0.2, 0.25) is 0 Å². The van der Waals surface area contributed by atoms with Crippen LogP contribution in [0.1, 0.15) is 49.3 Å². The maximum atomic E-state index is 13.8. The highest BCUT2D eigenvalue weighted by molar-refractivity contribution is 5.86. The SMILES string of the molecule is CC(C)CCNC(=O)C[C@@H](c1ccccc1C(F)(F)F)c1cn(C)c2ccccc12. The molecule has 3 aromatic rings. The Hall–Kier alpha value is -2.76. The lowest BCUT2D eigenvalue weighted by Gasteiger charge is -2.22. The monoisotopic (exact) mass is 416 g/mol. The number of halogens is 3.